The van der Waals surface area contributed by atoms with Crippen molar-refractivity contribution in [2.45, 2.75) is 25.9 Å². The molecule has 96 valence electrons. The molecule has 1 N–H and O–H groups in total. The molecule has 2 aromatic rings. The summed E-state index contributed by atoms with van der Waals surface area (Å²) < 4.78 is 1.83. The number of hydrogen-bond donors (Lipinski definition) is 1. The van der Waals surface area contributed by atoms with Crippen molar-refractivity contribution >= 4 is 11.6 Å². The van der Waals surface area contributed by atoms with Gasteiger partial charge in [0, 0.05) is 11.6 Å². The first-order valence-electron chi connectivity index (χ1n) is 5.88. The number of rotatable bonds is 5. The summed E-state index contributed by atoms with van der Waals surface area (Å²) in [7, 11) is 1.89. The standard InChI is InChI=1S/C12H16ClN5/c1-9(14-2)12-15-16-17-18(12)8-7-10-3-5-11(13)6-4-10/h3-6,9,14H,7-8H2,1-2H3. The largest absolute Gasteiger partial charge is 0.311 e. The van der Waals surface area contributed by atoms with Crippen molar-refractivity contribution in [1.82, 2.24) is 25.5 Å². The number of tetrazole rings is 1. The Bertz CT molecular complexity index is 493. The molecule has 0 aliphatic carbocycles. The van der Waals surface area contributed by atoms with Gasteiger partial charge in [0.25, 0.3) is 0 Å². The van der Waals surface area contributed by atoms with Gasteiger partial charge in [-0.2, -0.15) is 0 Å². The minimum absolute atomic E-state index is 0.144. The highest BCUT2D eigenvalue weighted by atomic mass is 35.5. The SMILES string of the molecule is CNC(C)c1nnnn1CCc1ccc(Cl)cc1. The van der Waals surface area contributed by atoms with Crippen LogP contribution in [0.4, 0.5) is 0 Å². The van der Waals surface area contributed by atoms with Crippen molar-refractivity contribution < 1.29 is 0 Å². The smallest absolute Gasteiger partial charge is 0.167 e. The van der Waals surface area contributed by atoms with Gasteiger partial charge in [-0.05, 0) is 48.5 Å². The van der Waals surface area contributed by atoms with Gasteiger partial charge in [0.2, 0.25) is 0 Å². The fraction of sp³-hybridized carbons (Fsp3) is 0.417. The van der Waals surface area contributed by atoms with Gasteiger partial charge < -0.3 is 5.32 Å². The van der Waals surface area contributed by atoms with Crippen LogP contribution in [0.5, 0.6) is 0 Å². The first-order valence-corrected chi connectivity index (χ1v) is 6.26. The summed E-state index contributed by atoms with van der Waals surface area (Å²) in [4.78, 5) is 0. The van der Waals surface area contributed by atoms with Gasteiger partial charge in [-0.25, -0.2) is 4.68 Å². The zero-order chi connectivity index (χ0) is 13.0. The first-order chi connectivity index (χ1) is 8.70. The fourth-order valence-electron chi connectivity index (χ4n) is 1.70. The number of hydrogen-bond acceptors (Lipinski definition) is 4. The van der Waals surface area contributed by atoms with E-state index in [1.807, 2.05) is 42.9 Å². The summed E-state index contributed by atoms with van der Waals surface area (Å²) >= 11 is 5.85. The second-order valence-corrected chi connectivity index (χ2v) is 4.58. The Labute approximate surface area is 111 Å². The van der Waals surface area contributed by atoms with Crippen molar-refractivity contribution in [1.29, 1.82) is 0 Å². The summed E-state index contributed by atoms with van der Waals surface area (Å²) in [6, 6.07) is 7.98. The Balaban J connectivity index is 2.02. The van der Waals surface area contributed by atoms with E-state index in [1.54, 1.807) is 0 Å². The molecule has 6 heteroatoms. The molecule has 0 aliphatic rings. The number of benzene rings is 1. The summed E-state index contributed by atoms with van der Waals surface area (Å²) in [5, 5.41) is 15.6. The molecule has 1 aromatic heterocycles. The second-order valence-electron chi connectivity index (χ2n) is 4.15. The van der Waals surface area contributed by atoms with E-state index in [0.29, 0.717) is 0 Å². The normalized spacial score (nSPS) is 12.6. The zero-order valence-corrected chi connectivity index (χ0v) is 11.2. The molecule has 0 saturated carbocycles. The quantitative estimate of drug-likeness (QED) is 0.896. The van der Waals surface area contributed by atoms with Gasteiger partial charge in [-0.3, -0.25) is 0 Å². The minimum Gasteiger partial charge on any atom is -0.311 e. The number of aryl methyl sites for hydroxylation is 2. The van der Waals surface area contributed by atoms with Crippen molar-refractivity contribution in [3.8, 4) is 0 Å². The molecular weight excluding hydrogens is 250 g/mol. The average molecular weight is 266 g/mol. The molecule has 0 aliphatic heterocycles. The van der Waals surface area contributed by atoms with Gasteiger partial charge in [-0.15, -0.1) is 5.10 Å². The van der Waals surface area contributed by atoms with Gasteiger partial charge in [0.05, 0.1) is 6.04 Å². The lowest BCUT2D eigenvalue weighted by Crippen LogP contribution is -2.19. The van der Waals surface area contributed by atoms with Crippen molar-refractivity contribution in [2.75, 3.05) is 7.05 Å². The lowest BCUT2D eigenvalue weighted by Gasteiger charge is -2.10. The third-order valence-electron chi connectivity index (χ3n) is 2.91. The third-order valence-corrected chi connectivity index (χ3v) is 3.16. The summed E-state index contributed by atoms with van der Waals surface area (Å²) in [6.07, 6.45) is 0.881. The lowest BCUT2D eigenvalue weighted by atomic mass is 10.1. The van der Waals surface area contributed by atoms with Gasteiger partial charge in [-0.1, -0.05) is 23.7 Å². The highest BCUT2D eigenvalue weighted by Crippen LogP contribution is 2.11. The minimum atomic E-state index is 0.144. The van der Waals surface area contributed by atoms with Crippen LogP contribution in [0.15, 0.2) is 24.3 Å². The zero-order valence-electron chi connectivity index (χ0n) is 10.5. The van der Waals surface area contributed by atoms with Crippen molar-refractivity contribution in [3.63, 3.8) is 0 Å². The number of halogens is 1. The maximum Gasteiger partial charge on any atom is 0.167 e. The van der Waals surface area contributed by atoms with E-state index in [4.69, 9.17) is 11.6 Å². The van der Waals surface area contributed by atoms with E-state index in [2.05, 4.69) is 20.8 Å². The Kier molecular flexibility index (Phi) is 4.28. The predicted molar refractivity (Wildman–Crippen MR) is 70.4 cm³/mol. The van der Waals surface area contributed by atoms with Crippen LogP contribution < -0.4 is 5.32 Å². The molecule has 0 fully saturated rings. The van der Waals surface area contributed by atoms with Crippen molar-refractivity contribution in [2.24, 2.45) is 0 Å². The van der Waals surface area contributed by atoms with Gasteiger partial charge in [0.15, 0.2) is 5.82 Å². The number of nitrogens with zero attached hydrogens (tertiary/aromatic N) is 4. The Morgan fingerprint density at radius 2 is 2.06 bits per heavy atom. The molecule has 1 atom stereocenters. The Hall–Kier alpha value is -1.46. The third kappa shape index (κ3) is 3.05. The van der Waals surface area contributed by atoms with Crippen molar-refractivity contribution in [3.05, 3.63) is 40.7 Å². The molecule has 2 rings (SSSR count). The Morgan fingerprint density at radius 3 is 2.72 bits per heavy atom. The van der Waals surface area contributed by atoms with Crippen LogP contribution in [0, 0.1) is 0 Å². The van der Waals surface area contributed by atoms with Crippen LogP contribution in [0.2, 0.25) is 5.02 Å². The molecular formula is C12H16ClN5. The summed E-state index contributed by atoms with van der Waals surface area (Å²) in [6.45, 7) is 2.79. The monoisotopic (exact) mass is 265 g/mol. The lowest BCUT2D eigenvalue weighted by molar-refractivity contribution is 0.512. The van der Waals surface area contributed by atoms with Crippen LogP contribution in [-0.4, -0.2) is 27.3 Å². The molecule has 18 heavy (non-hydrogen) atoms. The molecule has 5 nitrogen and oxygen atoms in total. The van der Waals surface area contributed by atoms with Crippen LogP contribution in [-0.2, 0) is 13.0 Å². The second kappa shape index (κ2) is 5.93. The molecule has 0 saturated heterocycles. The van der Waals surface area contributed by atoms with E-state index in [0.717, 1.165) is 23.8 Å². The topological polar surface area (TPSA) is 55.6 Å². The number of nitrogens with one attached hydrogen (secondary N) is 1. The molecule has 1 unspecified atom stereocenters. The highest BCUT2D eigenvalue weighted by molar-refractivity contribution is 6.30. The van der Waals surface area contributed by atoms with E-state index in [-0.39, 0.29) is 6.04 Å². The molecule has 1 aromatic carbocycles. The number of aromatic nitrogens is 4. The van der Waals surface area contributed by atoms with E-state index >= 15 is 0 Å². The van der Waals surface area contributed by atoms with E-state index in [1.165, 1.54) is 5.56 Å². The average Bonchev–Trinajstić information content (AvgIpc) is 2.85. The van der Waals surface area contributed by atoms with E-state index in [9.17, 15) is 0 Å². The van der Waals surface area contributed by atoms with Crippen LogP contribution >= 0.6 is 11.6 Å². The van der Waals surface area contributed by atoms with Gasteiger partial charge >= 0.3 is 0 Å². The molecule has 1 heterocycles. The molecule has 0 radical (unpaired) electrons. The molecule has 0 spiro atoms. The molecule has 0 amide bonds. The molecule has 0 bridgehead atoms. The van der Waals surface area contributed by atoms with Crippen LogP contribution in [0.3, 0.4) is 0 Å². The van der Waals surface area contributed by atoms with Crippen LogP contribution in [0.1, 0.15) is 24.4 Å². The van der Waals surface area contributed by atoms with E-state index < -0.39 is 0 Å². The van der Waals surface area contributed by atoms with Gasteiger partial charge in [0.1, 0.15) is 0 Å². The predicted octanol–water partition coefficient (Wildman–Crippen LogP) is 1.85. The maximum absolute atomic E-state index is 5.85. The first kappa shape index (κ1) is 13.0. The highest BCUT2D eigenvalue weighted by Gasteiger charge is 2.12. The Morgan fingerprint density at radius 1 is 1.33 bits per heavy atom. The summed E-state index contributed by atoms with van der Waals surface area (Å²) in [5.74, 6) is 0.853. The van der Waals surface area contributed by atoms with Crippen LogP contribution in [0.25, 0.3) is 0 Å². The summed E-state index contributed by atoms with van der Waals surface area (Å²) in [5.41, 5.74) is 1.22. The maximum atomic E-state index is 5.85. The fourth-order valence-corrected chi connectivity index (χ4v) is 1.82.